The highest BCUT2D eigenvalue weighted by Gasteiger charge is 2.14. The van der Waals surface area contributed by atoms with Crippen LogP contribution in [0.2, 0.25) is 5.02 Å². The van der Waals surface area contributed by atoms with Gasteiger partial charge in [0.05, 0.1) is 11.0 Å². The lowest BCUT2D eigenvalue weighted by molar-refractivity contribution is -0.116. The fourth-order valence-electron chi connectivity index (χ4n) is 3.46. The normalized spacial score (nSPS) is 10.8. The van der Waals surface area contributed by atoms with Crippen LogP contribution in [0.25, 0.3) is 11.0 Å². The molecule has 0 aliphatic heterocycles. The molecule has 0 saturated heterocycles. The largest absolute Gasteiger partial charge is 0.352 e. The van der Waals surface area contributed by atoms with E-state index in [1.807, 2.05) is 47.9 Å². The number of nitrogens with zero attached hydrogens (tertiary/aromatic N) is 2. The van der Waals surface area contributed by atoms with E-state index in [1.165, 1.54) is 0 Å². The first kappa shape index (κ1) is 21.6. The van der Waals surface area contributed by atoms with Crippen LogP contribution < -0.4 is 10.6 Å². The number of benzene rings is 3. The SMILES string of the molecule is Cc1ccc(C(=O)NCCc2nc3ccccc3n2CC(=O)Nc2ccc(Cl)cc2)cc1. The second-order valence-corrected chi connectivity index (χ2v) is 7.97. The number of carbonyl (C=O) groups excluding carboxylic acids is 2. The molecule has 162 valence electrons. The molecule has 0 radical (unpaired) electrons. The van der Waals surface area contributed by atoms with E-state index < -0.39 is 0 Å². The van der Waals surface area contributed by atoms with Crippen LogP contribution in [0.5, 0.6) is 0 Å². The standard InChI is InChI=1S/C25H23ClN4O2/c1-17-6-8-18(9-7-17)25(32)27-15-14-23-29-21-4-2-3-5-22(21)30(23)16-24(31)28-20-12-10-19(26)11-13-20/h2-13H,14-16H2,1H3,(H,27,32)(H,28,31). The molecule has 6 nitrogen and oxygen atoms in total. The summed E-state index contributed by atoms with van der Waals surface area (Å²) in [5.74, 6) is 0.440. The van der Waals surface area contributed by atoms with Gasteiger partial charge in [0, 0.05) is 29.2 Å². The minimum atomic E-state index is -0.166. The van der Waals surface area contributed by atoms with Crippen LogP contribution in [-0.2, 0) is 17.8 Å². The molecule has 0 fully saturated rings. The lowest BCUT2D eigenvalue weighted by atomic mass is 10.1. The Hall–Kier alpha value is -3.64. The van der Waals surface area contributed by atoms with Crippen molar-refractivity contribution in [2.75, 3.05) is 11.9 Å². The van der Waals surface area contributed by atoms with Crippen molar-refractivity contribution in [3.05, 3.63) is 94.8 Å². The maximum Gasteiger partial charge on any atom is 0.251 e. The number of para-hydroxylation sites is 2. The van der Waals surface area contributed by atoms with Crippen LogP contribution >= 0.6 is 11.6 Å². The Kier molecular flexibility index (Phi) is 6.52. The van der Waals surface area contributed by atoms with E-state index in [9.17, 15) is 9.59 Å². The summed E-state index contributed by atoms with van der Waals surface area (Å²) in [4.78, 5) is 29.8. The predicted molar refractivity (Wildman–Crippen MR) is 127 cm³/mol. The van der Waals surface area contributed by atoms with E-state index >= 15 is 0 Å². The number of aromatic nitrogens is 2. The molecule has 7 heteroatoms. The smallest absolute Gasteiger partial charge is 0.251 e. The zero-order chi connectivity index (χ0) is 22.5. The maximum absolute atomic E-state index is 12.7. The van der Waals surface area contributed by atoms with Gasteiger partial charge in [-0.05, 0) is 55.5 Å². The fraction of sp³-hybridized carbons (Fsp3) is 0.160. The molecule has 4 aromatic rings. The van der Waals surface area contributed by atoms with Gasteiger partial charge in [-0.15, -0.1) is 0 Å². The van der Waals surface area contributed by atoms with E-state index in [1.54, 1.807) is 36.4 Å². The Balaban J connectivity index is 1.46. The van der Waals surface area contributed by atoms with Crippen molar-refractivity contribution in [3.63, 3.8) is 0 Å². The molecule has 3 aromatic carbocycles. The van der Waals surface area contributed by atoms with Crippen LogP contribution in [-0.4, -0.2) is 27.9 Å². The van der Waals surface area contributed by atoms with E-state index in [0.29, 0.717) is 29.2 Å². The number of fused-ring (bicyclic) bond motifs is 1. The molecule has 0 atom stereocenters. The molecule has 1 aromatic heterocycles. The Bertz CT molecular complexity index is 1250. The molecule has 0 unspecified atom stereocenters. The molecule has 0 spiro atoms. The first-order valence-electron chi connectivity index (χ1n) is 10.3. The molecule has 32 heavy (non-hydrogen) atoms. The van der Waals surface area contributed by atoms with Gasteiger partial charge in [-0.2, -0.15) is 0 Å². The lowest BCUT2D eigenvalue weighted by Gasteiger charge is -2.11. The van der Waals surface area contributed by atoms with Crippen molar-refractivity contribution in [1.82, 2.24) is 14.9 Å². The lowest BCUT2D eigenvalue weighted by Crippen LogP contribution is -2.27. The quantitative estimate of drug-likeness (QED) is 0.435. The van der Waals surface area contributed by atoms with Gasteiger partial charge in [-0.1, -0.05) is 41.4 Å². The third kappa shape index (κ3) is 5.15. The second kappa shape index (κ2) is 9.66. The number of rotatable bonds is 7. The number of nitrogens with one attached hydrogen (secondary N) is 2. The fourth-order valence-corrected chi connectivity index (χ4v) is 3.59. The zero-order valence-corrected chi connectivity index (χ0v) is 18.4. The summed E-state index contributed by atoms with van der Waals surface area (Å²) >= 11 is 5.91. The summed E-state index contributed by atoms with van der Waals surface area (Å²) in [6.07, 6.45) is 0.501. The number of amides is 2. The van der Waals surface area contributed by atoms with Gasteiger partial charge in [-0.25, -0.2) is 4.98 Å². The number of anilines is 1. The minimum absolute atomic E-state index is 0.115. The monoisotopic (exact) mass is 446 g/mol. The van der Waals surface area contributed by atoms with Gasteiger partial charge in [0.2, 0.25) is 5.91 Å². The zero-order valence-electron chi connectivity index (χ0n) is 17.6. The molecule has 2 N–H and O–H groups in total. The van der Waals surface area contributed by atoms with Gasteiger partial charge >= 0.3 is 0 Å². The third-order valence-electron chi connectivity index (χ3n) is 5.11. The van der Waals surface area contributed by atoms with Crippen LogP contribution in [0.3, 0.4) is 0 Å². The van der Waals surface area contributed by atoms with Gasteiger partial charge in [0.25, 0.3) is 5.91 Å². The van der Waals surface area contributed by atoms with Crippen molar-refractivity contribution in [2.45, 2.75) is 19.9 Å². The highest BCUT2D eigenvalue weighted by molar-refractivity contribution is 6.30. The number of aryl methyl sites for hydroxylation is 1. The first-order valence-corrected chi connectivity index (χ1v) is 10.7. The summed E-state index contributed by atoms with van der Waals surface area (Å²) in [6.45, 7) is 2.51. The average Bonchev–Trinajstić information content (AvgIpc) is 3.13. The van der Waals surface area contributed by atoms with E-state index in [-0.39, 0.29) is 18.4 Å². The first-order chi connectivity index (χ1) is 15.5. The van der Waals surface area contributed by atoms with Crippen LogP contribution in [0.15, 0.2) is 72.8 Å². The highest BCUT2D eigenvalue weighted by atomic mass is 35.5. The Labute approximate surface area is 191 Å². The van der Waals surface area contributed by atoms with Crippen molar-refractivity contribution < 1.29 is 9.59 Å². The Morgan fingerprint density at radius 2 is 1.69 bits per heavy atom. The molecule has 1 heterocycles. The number of carbonyl (C=O) groups is 2. The van der Waals surface area contributed by atoms with E-state index in [2.05, 4.69) is 15.6 Å². The van der Waals surface area contributed by atoms with Gasteiger partial charge < -0.3 is 15.2 Å². The number of hydrogen-bond acceptors (Lipinski definition) is 3. The van der Waals surface area contributed by atoms with Crippen LogP contribution in [0.4, 0.5) is 5.69 Å². The van der Waals surface area contributed by atoms with Crippen molar-refractivity contribution in [2.24, 2.45) is 0 Å². The molecule has 2 amide bonds. The summed E-state index contributed by atoms with van der Waals surface area (Å²) in [5, 5.41) is 6.43. The molecule has 4 rings (SSSR count). The molecular formula is C25H23ClN4O2. The molecule has 0 bridgehead atoms. The minimum Gasteiger partial charge on any atom is -0.352 e. The predicted octanol–water partition coefficient (Wildman–Crippen LogP) is 4.61. The molecule has 0 saturated carbocycles. The molecule has 0 aliphatic rings. The van der Waals surface area contributed by atoms with E-state index in [0.717, 1.165) is 22.4 Å². The van der Waals surface area contributed by atoms with Gasteiger partial charge in [-0.3, -0.25) is 9.59 Å². The van der Waals surface area contributed by atoms with E-state index in [4.69, 9.17) is 11.6 Å². The maximum atomic E-state index is 12.7. The summed E-state index contributed by atoms with van der Waals surface area (Å²) in [7, 11) is 0. The van der Waals surface area contributed by atoms with Crippen molar-refractivity contribution >= 4 is 40.1 Å². The number of imidazole rings is 1. The van der Waals surface area contributed by atoms with Gasteiger partial charge in [0.15, 0.2) is 0 Å². The topological polar surface area (TPSA) is 76.0 Å². The second-order valence-electron chi connectivity index (χ2n) is 7.53. The number of halogens is 1. The molecule has 0 aliphatic carbocycles. The summed E-state index contributed by atoms with van der Waals surface area (Å²) in [5.41, 5.74) is 4.08. The highest BCUT2D eigenvalue weighted by Crippen LogP contribution is 2.18. The Morgan fingerprint density at radius 3 is 2.44 bits per heavy atom. The van der Waals surface area contributed by atoms with Crippen LogP contribution in [0.1, 0.15) is 21.7 Å². The Morgan fingerprint density at radius 1 is 0.969 bits per heavy atom. The average molecular weight is 447 g/mol. The van der Waals surface area contributed by atoms with Gasteiger partial charge in [0.1, 0.15) is 12.4 Å². The number of hydrogen-bond donors (Lipinski definition) is 2. The van der Waals surface area contributed by atoms with Crippen molar-refractivity contribution in [3.8, 4) is 0 Å². The van der Waals surface area contributed by atoms with Crippen LogP contribution in [0, 0.1) is 6.92 Å². The summed E-state index contributed by atoms with van der Waals surface area (Å²) in [6, 6.07) is 22.1. The third-order valence-corrected chi connectivity index (χ3v) is 5.36. The molecular weight excluding hydrogens is 424 g/mol. The van der Waals surface area contributed by atoms with Crippen molar-refractivity contribution in [1.29, 1.82) is 0 Å². The summed E-state index contributed by atoms with van der Waals surface area (Å²) < 4.78 is 1.89.